The lowest BCUT2D eigenvalue weighted by Crippen LogP contribution is -2.30. The molecule has 6 atom stereocenters. The van der Waals surface area contributed by atoms with Crippen molar-refractivity contribution in [2.24, 2.45) is 5.92 Å². The van der Waals surface area contributed by atoms with E-state index in [1.165, 1.54) is 238 Å². The first-order valence-corrected chi connectivity index (χ1v) is 43.7. The van der Waals surface area contributed by atoms with Gasteiger partial charge in [0, 0.05) is 25.7 Å². The summed E-state index contributed by atoms with van der Waals surface area (Å²) < 4.78 is 68.6. The number of hydrogen-bond donors (Lipinski definition) is 3. The van der Waals surface area contributed by atoms with Crippen molar-refractivity contribution in [3.63, 3.8) is 0 Å². The fourth-order valence-corrected chi connectivity index (χ4v) is 13.6. The Kier molecular flexibility index (Phi) is 69.6. The molecule has 576 valence electrons. The largest absolute Gasteiger partial charge is 0.472 e. The molecule has 0 rings (SSSR count). The predicted octanol–water partition coefficient (Wildman–Crippen LogP) is 23.3. The Hall–Kier alpha value is -1.94. The van der Waals surface area contributed by atoms with Crippen molar-refractivity contribution in [3.8, 4) is 0 Å². The fourth-order valence-electron chi connectivity index (χ4n) is 12.0. The van der Waals surface area contributed by atoms with Gasteiger partial charge in [-0.05, 0) is 31.6 Å². The molecule has 19 heteroatoms. The first-order chi connectivity index (χ1) is 47.1. The summed E-state index contributed by atoms with van der Waals surface area (Å²) in [5.41, 5.74) is 0. The van der Waals surface area contributed by atoms with Crippen LogP contribution in [0.2, 0.25) is 0 Å². The van der Waals surface area contributed by atoms with E-state index in [-0.39, 0.29) is 25.7 Å². The van der Waals surface area contributed by atoms with E-state index in [4.69, 9.17) is 37.0 Å². The summed E-state index contributed by atoms with van der Waals surface area (Å²) in [5, 5.41) is 10.6. The summed E-state index contributed by atoms with van der Waals surface area (Å²) in [6.07, 6.45) is 60.8. The van der Waals surface area contributed by atoms with Crippen molar-refractivity contribution in [2.45, 2.75) is 432 Å². The van der Waals surface area contributed by atoms with E-state index in [0.29, 0.717) is 25.7 Å². The third-order valence-corrected chi connectivity index (χ3v) is 20.5. The average molecular weight is 1420 g/mol. The molecule has 0 spiro atoms. The molecule has 0 saturated heterocycles. The van der Waals surface area contributed by atoms with Crippen LogP contribution in [-0.2, 0) is 65.4 Å². The van der Waals surface area contributed by atoms with E-state index in [2.05, 4.69) is 34.6 Å². The van der Waals surface area contributed by atoms with Crippen molar-refractivity contribution in [3.05, 3.63) is 0 Å². The Balaban J connectivity index is 5.25. The quantitative estimate of drug-likeness (QED) is 0.0222. The molecule has 0 amide bonds. The van der Waals surface area contributed by atoms with E-state index in [0.717, 1.165) is 95.8 Å². The maximum atomic E-state index is 13.1. The highest BCUT2D eigenvalue weighted by Crippen LogP contribution is 2.45. The monoisotopic (exact) mass is 1420 g/mol. The van der Waals surface area contributed by atoms with Crippen LogP contribution in [0.1, 0.15) is 413 Å². The van der Waals surface area contributed by atoms with Crippen LogP contribution in [0.25, 0.3) is 0 Å². The fraction of sp³-hybridized carbons (Fsp3) is 0.949. The minimum absolute atomic E-state index is 0.108. The minimum Gasteiger partial charge on any atom is -0.462 e. The van der Waals surface area contributed by atoms with Gasteiger partial charge in [-0.1, -0.05) is 362 Å². The molecular formula is C78H152O17P2. The predicted molar refractivity (Wildman–Crippen MR) is 395 cm³/mol. The van der Waals surface area contributed by atoms with Crippen LogP contribution < -0.4 is 0 Å². The molecule has 0 aliphatic carbocycles. The Morgan fingerprint density at radius 2 is 0.495 bits per heavy atom. The van der Waals surface area contributed by atoms with Gasteiger partial charge in [-0.2, -0.15) is 0 Å². The molecule has 97 heavy (non-hydrogen) atoms. The van der Waals surface area contributed by atoms with Gasteiger partial charge in [-0.25, -0.2) is 9.13 Å². The molecule has 0 aliphatic rings. The summed E-state index contributed by atoms with van der Waals surface area (Å²) in [4.78, 5) is 72.9. The van der Waals surface area contributed by atoms with Crippen LogP contribution >= 0.6 is 15.6 Å². The summed E-state index contributed by atoms with van der Waals surface area (Å²) in [6.45, 7) is 7.34. The number of aliphatic hydroxyl groups excluding tert-OH is 1. The molecule has 0 saturated carbocycles. The Morgan fingerprint density at radius 3 is 0.732 bits per heavy atom. The Bertz CT molecular complexity index is 1860. The summed E-state index contributed by atoms with van der Waals surface area (Å²) in [5.74, 6) is -1.30. The van der Waals surface area contributed by atoms with Gasteiger partial charge >= 0.3 is 39.5 Å². The SMILES string of the molecule is CCCCCCCCCCCCCCCCCCCCC(=O)O[C@H](COC(=O)CCCCCCCCCCCCC(C)CC)COP(=O)(O)OC[C@@H](O)COP(=O)(O)OC[C@@H](COC(=O)CCCCCCCCCCCCC)OC(=O)CCCCCCCCCCCCCCCC. The molecule has 17 nitrogen and oxygen atoms in total. The normalized spacial score (nSPS) is 14.2. The lowest BCUT2D eigenvalue weighted by Gasteiger charge is -2.21. The number of unbranched alkanes of at least 4 members (excludes halogenated alkanes) is 49. The maximum absolute atomic E-state index is 13.1. The second-order valence-electron chi connectivity index (χ2n) is 28.3. The number of ether oxygens (including phenoxy) is 4. The second kappa shape index (κ2) is 71.1. The number of hydrogen-bond acceptors (Lipinski definition) is 15. The highest BCUT2D eigenvalue weighted by molar-refractivity contribution is 7.47. The van der Waals surface area contributed by atoms with Crippen molar-refractivity contribution in [1.82, 2.24) is 0 Å². The summed E-state index contributed by atoms with van der Waals surface area (Å²) >= 11 is 0. The molecule has 3 unspecified atom stereocenters. The second-order valence-corrected chi connectivity index (χ2v) is 31.3. The van der Waals surface area contributed by atoms with Gasteiger partial charge in [-0.3, -0.25) is 37.3 Å². The maximum Gasteiger partial charge on any atom is 0.472 e. The molecule has 0 aromatic carbocycles. The van der Waals surface area contributed by atoms with Crippen molar-refractivity contribution in [1.29, 1.82) is 0 Å². The first kappa shape index (κ1) is 95.1. The van der Waals surface area contributed by atoms with Crippen molar-refractivity contribution < 1.29 is 80.2 Å². The molecule has 0 heterocycles. The zero-order valence-corrected chi connectivity index (χ0v) is 65.0. The van der Waals surface area contributed by atoms with Gasteiger partial charge in [-0.15, -0.1) is 0 Å². The minimum atomic E-state index is -4.96. The number of carbonyl (C=O) groups is 4. The molecule has 0 aliphatic heterocycles. The van der Waals surface area contributed by atoms with Gasteiger partial charge in [0.25, 0.3) is 0 Å². The molecule has 3 N–H and O–H groups in total. The Labute approximate surface area is 594 Å². The number of phosphoric acid groups is 2. The molecule has 0 bridgehead atoms. The number of carbonyl (C=O) groups excluding carboxylic acids is 4. The smallest absolute Gasteiger partial charge is 0.462 e. The van der Waals surface area contributed by atoms with Gasteiger partial charge in [0.15, 0.2) is 12.2 Å². The van der Waals surface area contributed by atoms with Gasteiger partial charge in [0.05, 0.1) is 26.4 Å². The first-order valence-electron chi connectivity index (χ1n) is 40.7. The number of aliphatic hydroxyl groups is 1. The highest BCUT2D eigenvalue weighted by atomic mass is 31.2. The van der Waals surface area contributed by atoms with E-state index < -0.39 is 97.5 Å². The van der Waals surface area contributed by atoms with Gasteiger partial charge < -0.3 is 33.8 Å². The van der Waals surface area contributed by atoms with Crippen molar-refractivity contribution in [2.75, 3.05) is 39.6 Å². The van der Waals surface area contributed by atoms with Crippen LogP contribution in [0.15, 0.2) is 0 Å². The highest BCUT2D eigenvalue weighted by Gasteiger charge is 2.30. The topological polar surface area (TPSA) is 237 Å². The zero-order chi connectivity index (χ0) is 71.2. The van der Waals surface area contributed by atoms with Gasteiger partial charge in [0.2, 0.25) is 0 Å². The van der Waals surface area contributed by atoms with E-state index in [1.54, 1.807) is 0 Å². The summed E-state index contributed by atoms with van der Waals surface area (Å²) in [6, 6.07) is 0. The lowest BCUT2D eigenvalue weighted by molar-refractivity contribution is -0.161. The molecule has 0 fully saturated rings. The third-order valence-electron chi connectivity index (χ3n) is 18.6. The van der Waals surface area contributed by atoms with E-state index in [9.17, 15) is 43.2 Å². The van der Waals surface area contributed by atoms with Gasteiger partial charge in [0.1, 0.15) is 19.3 Å². The Morgan fingerprint density at radius 1 is 0.289 bits per heavy atom. The molecule has 0 aromatic rings. The van der Waals surface area contributed by atoms with Crippen LogP contribution in [0.5, 0.6) is 0 Å². The van der Waals surface area contributed by atoms with E-state index in [1.807, 2.05) is 0 Å². The number of phosphoric ester groups is 2. The van der Waals surface area contributed by atoms with E-state index >= 15 is 0 Å². The zero-order valence-electron chi connectivity index (χ0n) is 63.2. The van der Waals surface area contributed by atoms with Crippen LogP contribution in [-0.4, -0.2) is 96.7 Å². The third kappa shape index (κ3) is 70.9. The van der Waals surface area contributed by atoms with Crippen molar-refractivity contribution >= 4 is 39.5 Å². The summed E-state index contributed by atoms with van der Waals surface area (Å²) in [7, 11) is -9.91. The number of rotatable bonds is 78. The standard InChI is InChI=1S/C78H152O17P2/c1-6-10-13-16-19-22-25-27-29-30-31-32-34-37-44-49-54-59-64-78(83)95-74(68-89-76(81)62-57-52-47-42-39-38-40-45-50-55-60-71(5)9-4)70-93-97(86,87)91-66-72(79)65-90-96(84,85)92-69-73(67-88-75(80)61-56-51-46-41-35-24-21-18-15-12-8-3)94-77(82)63-58-53-48-43-36-33-28-26-23-20-17-14-11-7-2/h71-74,79H,6-70H2,1-5H3,(H,84,85)(H,86,87)/t71?,72-,73+,74+/m0/s1. The van der Waals surface area contributed by atoms with Crippen LogP contribution in [0.4, 0.5) is 0 Å². The van der Waals surface area contributed by atoms with Crippen LogP contribution in [0.3, 0.4) is 0 Å². The molecule has 0 aromatic heterocycles. The molecule has 0 radical (unpaired) electrons. The number of esters is 4. The lowest BCUT2D eigenvalue weighted by atomic mass is 9.99. The molecular weight excluding hydrogens is 1270 g/mol. The average Bonchev–Trinajstić information content (AvgIpc) is 1.30. The van der Waals surface area contributed by atoms with Crippen LogP contribution in [0, 0.1) is 5.92 Å².